The quantitative estimate of drug-likeness (QED) is 0.380. The minimum atomic E-state index is -1.14. The number of H-pyrrole nitrogens is 1. The maximum atomic E-state index is 13.1. The number of nitrogens with two attached hydrogens (primary N) is 1. The highest BCUT2D eigenvalue weighted by Gasteiger charge is 2.28. The molecule has 1 atom stereocenters. The van der Waals surface area contributed by atoms with Gasteiger partial charge < -0.3 is 16.0 Å². The number of nitrogens with zero attached hydrogens (tertiary/aromatic N) is 4. The van der Waals surface area contributed by atoms with E-state index in [-0.39, 0.29) is 12.1 Å². The van der Waals surface area contributed by atoms with E-state index in [1.54, 1.807) is 25.4 Å². The van der Waals surface area contributed by atoms with Crippen LogP contribution in [-0.4, -0.2) is 48.1 Å². The van der Waals surface area contributed by atoms with Crippen LogP contribution in [0.1, 0.15) is 21.9 Å². The van der Waals surface area contributed by atoms with E-state index in [0.717, 1.165) is 16.5 Å². The Morgan fingerprint density at radius 3 is 2.74 bits per heavy atom. The first-order chi connectivity index (χ1) is 15.0. The summed E-state index contributed by atoms with van der Waals surface area (Å²) in [5.74, 6) is -1.62. The van der Waals surface area contributed by atoms with Gasteiger partial charge in [-0.05, 0) is 24.6 Å². The van der Waals surface area contributed by atoms with Crippen molar-refractivity contribution in [2.75, 3.05) is 0 Å². The largest absolute Gasteiger partial charge is 0.363 e. The number of amides is 2. The van der Waals surface area contributed by atoms with Crippen LogP contribution >= 0.6 is 0 Å². The molecule has 10 nitrogen and oxygen atoms in total. The van der Waals surface area contributed by atoms with Crippen molar-refractivity contribution in [2.24, 2.45) is 5.73 Å². The van der Waals surface area contributed by atoms with Crippen LogP contribution in [0.15, 0.2) is 55.2 Å². The Morgan fingerprint density at radius 1 is 1.19 bits per heavy atom. The fourth-order valence-electron chi connectivity index (χ4n) is 3.44. The van der Waals surface area contributed by atoms with Gasteiger partial charge >= 0.3 is 0 Å². The minimum absolute atomic E-state index is 0.0954. The second-order valence-electron chi connectivity index (χ2n) is 6.91. The number of hydrogen-bond donors (Lipinski definition) is 3. The number of ketones is 1. The molecule has 4 aromatic rings. The predicted octanol–water partition coefficient (Wildman–Crippen LogP) is 0.848. The Bertz CT molecular complexity index is 1280. The molecule has 1 aromatic carbocycles. The lowest BCUT2D eigenvalue weighted by Crippen LogP contribution is -2.47. The van der Waals surface area contributed by atoms with E-state index < -0.39 is 23.6 Å². The molecular formula is C21H19N7O3. The second kappa shape index (κ2) is 8.19. The number of Topliss-reactive ketones (excluding diaryl/α,β-unsaturated/α-hetero) is 1. The van der Waals surface area contributed by atoms with Gasteiger partial charge in [-0.3, -0.25) is 19.0 Å². The van der Waals surface area contributed by atoms with Crippen LogP contribution in [0.2, 0.25) is 0 Å². The first kappa shape index (κ1) is 20.0. The summed E-state index contributed by atoms with van der Waals surface area (Å²) in [6, 6.07) is 8.02. The molecule has 0 saturated heterocycles. The number of para-hydroxylation sites is 1. The molecule has 0 aliphatic carbocycles. The van der Waals surface area contributed by atoms with Gasteiger partial charge in [-0.25, -0.2) is 15.0 Å². The molecule has 0 aliphatic rings. The van der Waals surface area contributed by atoms with Gasteiger partial charge in [-0.1, -0.05) is 18.2 Å². The van der Waals surface area contributed by atoms with Gasteiger partial charge in [0.25, 0.3) is 11.8 Å². The van der Waals surface area contributed by atoms with Crippen LogP contribution in [0, 0.1) is 6.92 Å². The molecule has 1 unspecified atom stereocenters. The number of carbonyl (C=O) groups is 3. The Labute approximate surface area is 176 Å². The van der Waals surface area contributed by atoms with E-state index in [9.17, 15) is 14.4 Å². The van der Waals surface area contributed by atoms with Gasteiger partial charge in [0.1, 0.15) is 29.7 Å². The Morgan fingerprint density at radius 2 is 2.00 bits per heavy atom. The number of fused-ring (bicyclic) bond motifs is 1. The number of rotatable bonds is 7. The number of aromatic nitrogens is 5. The lowest BCUT2D eigenvalue weighted by atomic mass is 10.0. The van der Waals surface area contributed by atoms with Gasteiger partial charge in [0.2, 0.25) is 5.78 Å². The van der Waals surface area contributed by atoms with Crippen LogP contribution in [-0.2, 0) is 16.0 Å². The van der Waals surface area contributed by atoms with Crippen molar-refractivity contribution in [3.8, 4) is 5.82 Å². The highest BCUT2D eigenvalue weighted by Crippen LogP contribution is 2.20. The van der Waals surface area contributed by atoms with E-state index in [2.05, 4.69) is 25.3 Å². The Hall–Kier alpha value is -4.34. The number of nitrogens with one attached hydrogen (secondary N) is 2. The molecule has 4 N–H and O–H groups in total. The van der Waals surface area contributed by atoms with E-state index >= 15 is 0 Å². The van der Waals surface area contributed by atoms with Crippen molar-refractivity contribution in [2.45, 2.75) is 19.4 Å². The predicted molar refractivity (Wildman–Crippen MR) is 111 cm³/mol. The molecule has 4 rings (SSSR count). The summed E-state index contributed by atoms with van der Waals surface area (Å²) in [6.45, 7) is 1.72. The van der Waals surface area contributed by atoms with Gasteiger partial charge in [-0.15, -0.1) is 0 Å². The number of aromatic amines is 1. The van der Waals surface area contributed by atoms with Crippen molar-refractivity contribution < 1.29 is 14.4 Å². The molecule has 3 aromatic heterocycles. The number of imidazole rings is 1. The van der Waals surface area contributed by atoms with Gasteiger partial charge in [-0.2, -0.15) is 0 Å². The molecular weight excluding hydrogens is 398 g/mol. The van der Waals surface area contributed by atoms with Crippen LogP contribution in [0.5, 0.6) is 0 Å². The summed E-state index contributed by atoms with van der Waals surface area (Å²) < 4.78 is 1.54. The number of aryl methyl sites for hydroxylation is 1. The molecule has 0 aliphatic heterocycles. The maximum Gasteiger partial charge on any atom is 0.287 e. The third-order valence-corrected chi connectivity index (χ3v) is 4.93. The molecule has 0 spiro atoms. The summed E-state index contributed by atoms with van der Waals surface area (Å²) >= 11 is 0. The monoisotopic (exact) mass is 417 g/mol. The van der Waals surface area contributed by atoms with E-state index in [4.69, 9.17) is 5.73 Å². The standard InChI is InChI=1S/C21H19N7O3/c1-12-24-10-17(28(12)18-6-7-23-11-26-18)21(31)27-16(19(29)20(22)30)8-13-9-25-15-5-3-2-4-14(13)15/h2-7,9-11,16,25H,8H2,1H3,(H2,22,30)(H,27,31). The van der Waals surface area contributed by atoms with Crippen molar-refractivity contribution in [3.63, 3.8) is 0 Å². The van der Waals surface area contributed by atoms with Crippen LogP contribution in [0.25, 0.3) is 16.7 Å². The lowest BCUT2D eigenvalue weighted by molar-refractivity contribution is -0.137. The summed E-state index contributed by atoms with van der Waals surface area (Å²) in [5, 5.41) is 3.52. The normalized spacial score (nSPS) is 11.9. The first-order valence-corrected chi connectivity index (χ1v) is 9.46. The fraction of sp³-hybridized carbons (Fsp3) is 0.143. The fourth-order valence-corrected chi connectivity index (χ4v) is 3.44. The van der Waals surface area contributed by atoms with Crippen molar-refractivity contribution in [1.29, 1.82) is 0 Å². The second-order valence-corrected chi connectivity index (χ2v) is 6.91. The molecule has 0 fully saturated rings. The molecule has 31 heavy (non-hydrogen) atoms. The minimum Gasteiger partial charge on any atom is -0.363 e. The van der Waals surface area contributed by atoms with Crippen molar-refractivity contribution >= 4 is 28.5 Å². The SMILES string of the molecule is Cc1ncc(C(=O)NC(Cc2c[nH]c3ccccc23)C(=O)C(N)=O)n1-c1ccncn1. The summed E-state index contributed by atoms with van der Waals surface area (Å²) in [5.41, 5.74) is 7.06. The van der Waals surface area contributed by atoms with Gasteiger partial charge in [0.15, 0.2) is 0 Å². The van der Waals surface area contributed by atoms with Gasteiger partial charge in [0.05, 0.1) is 6.20 Å². The molecule has 2 amide bonds. The lowest BCUT2D eigenvalue weighted by Gasteiger charge is -2.17. The summed E-state index contributed by atoms with van der Waals surface area (Å²) in [7, 11) is 0. The average Bonchev–Trinajstić information content (AvgIpc) is 3.37. The topological polar surface area (TPSA) is 149 Å². The zero-order valence-electron chi connectivity index (χ0n) is 16.6. The Balaban J connectivity index is 1.65. The first-order valence-electron chi connectivity index (χ1n) is 9.46. The highest BCUT2D eigenvalue weighted by molar-refractivity contribution is 6.38. The smallest absolute Gasteiger partial charge is 0.287 e. The number of primary amides is 1. The summed E-state index contributed by atoms with van der Waals surface area (Å²) in [6.07, 6.45) is 6.11. The molecule has 3 heterocycles. The third kappa shape index (κ3) is 3.90. The van der Waals surface area contributed by atoms with Crippen LogP contribution in [0.4, 0.5) is 0 Å². The van der Waals surface area contributed by atoms with Gasteiger partial charge in [0, 0.05) is 29.7 Å². The molecule has 0 bridgehead atoms. The average molecular weight is 417 g/mol. The zero-order chi connectivity index (χ0) is 22.0. The van der Waals surface area contributed by atoms with Crippen LogP contribution < -0.4 is 11.1 Å². The molecule has 10 heteroatoms. The Kier molecular flexibility index (Phi) is 5.27. The number of hydrogen-bond acceptors (Lipinski definition) is 6. The van der Waals surface area contributed by atoms with E-state index in [0.29, 0.717) is 11.6 Å². The van der Waals surface area contributed by atoms with Crippen molar-refractivity contribution in [1.82, 2.24) is 29.8 Å². The molecule has 0 radical (unpaired) electrons. The van der Waals surface area contributed by atoms with Crippen molar-refractivity contribution in [3.05, 3.63) is 72.3 Å². The third-order valence-electron chi connectivity index (χ3n) is 4.93. The zero-order valence-corrected chi connectivity index (χ0v) is 16.6. The van der Waals surface area contributed by atoms with E-state index in [1.807, 2.05) is 24.3 Å². The molecule has 156 valence electrons. The van der Waals surface area contributed by atoms with E-state index in [1.165, 1.54) is 17.1 Å². The summed E-state index contributed by atoms with van der Waals surface area (Å²) in [4.78, 5) is 52.5. The van der Waals surface area contributed by atoms with Crippen LogP contribution in [0.3, 0.4) is 0 Å². The highest BCUT2D eigenvalue weighted by atomic mass is 16.2. The number of carbonyl (C=O) groups excluding carboxylic acids is 3. The maximum absolute atomic E-state index is 13.1. The number of benzene rings is 1. The molecule has 0 saturated carbocycles.